The molecule has 3 nitrogen and oxygen atoms in total. The molecule has 1 aliphatic rings. The number of ether oxygens (including phenoxy) is 1. The molecule has 3 heteroatoms. The van der Waals surface area contributed by atoms with E-state index in [1.807, 2.05) is 6.92 Å². The molecule has 0 spiro atoms. The minimum absolute atomic E-state index is 0.0718. The summed E-state index contributed by atoms with van der Waals surface area (Å²) in [5, 5.41) is 3.20. The molecule has 13 heavy (non-hydrogen) atoms. The van der Waals surface area contributed by atoms with E-state index in [1.165, 1.54) is 20.0 Å². The first-order valence-corrected chi connectivity index (χ1v) is 5.10. The first-order chi connectivity index (χ1) is 6.29. The van der Waals surface area contributed by atoms with Crippen molar-refractivity contribution in [2.24, 2.45) is 5.92 Å². The smallest absolute Gasteiger partial charge is 0.323 e. The summed E-state index contributed by atoms with van der Waals surface area (Å²) >= 11 is 0. The van der Waals surface area contributed by atoms with Gasteiger partial charge in [0.25, 0.3) is 0 Å². The van der Waals surface area contributed by atoms with Gasteiger partial charge in [0.05, 0.1) is 7.11 Å². The van der Waals surface area contributed by atoms with Crippen LogP contribution >= 0.6 is 0 Å². The van der Waals surface area contributed by atoms with Gasteiger partial charge in [-0.15, -0.1) is 0 Å². The number of nitrogens with one attached hydrogen (secondary N) is 1. The molecule has 1 atom stereocenters. The Kier molecular flexibility index (Phi) is 4.22. The molecule has 1 fully saturated rings. The van der Waals surface area contributed by atoms with E-state index in [-0.39, 0.29) is 12.0 Å². The second-order valence-corrected chi connectivity index (χ2v) is 3.60. The molecule has 1 saturated carbocycles. The lowest BCUT2D eigenvalue weighted by Crippen LogP contribution is -2.42. The van der Waals surface area contributed by atoms with Crippen molar-refractivity contribution in [1.29, 1.82) is 0 Å². The largest absolute Gasteiger partial charge is 0.468 e. The minimum Gasteiger partial charge on any atom is -0.468 e. The standard InChI is InChI=1S/C10H19NO2/c1-3-11-9(10(12)13-2)8-6-4-5-7-8/h8-9,11H,3-7H2,1-2H3. The lowest BCUT2D eigenvalue weighted by Gasteiger charge is -2.21. The Morgan fingerprint density at radius 2 is 2.15 bits per heavy atom. The Hall–Kier alpha value is -0.570. The summed E-state index contributed by atoms with van der Waals surface area (Å²) in [6.07, 6.45) is 4.83. The van der Waals surface area contributed by atoms with Crippen LogP contribution in [0.15, 0.2) is 0 Å². The molecule has 0 heterocycles. The Morgan fingerprint density at radius 1 is 1.54 bits per heavy atom. The van der Waals surface area contributed by atoms with Crippen LogP contribution < -0.4 is 5.32 Å². The lowest BCUT2D eigenvalue weighted by atomic mass is 9.98. The summed E-state index contributed by atoms with van der Waals surface area (Å²) in [5.74, 6) is 0.390. The van der Waals surface area contributed by atoms with E-state index >= 15 is 0 Å². The van der Waals surface area contributed by atoms with Crippen molar-refractivity contribution >= 4 is 5.97 Å². The zero-order valence-corrected chi connectivity index (χ0v) is 8.51. The number of likely N-dealkylation sites (N-methyl/N-ethyl adjacent to an activating group) is 1. The maximum Gasteiger partial charge on any atom is 0.323 e. The predicted molar refractivity (Wildman–Crippen MR) is 51.4 cm³/mol. The van der Waals surface area contributed by atoms with Crippen LogP contribution in [0.3, 0.4) is 0 Å². The maximum atomic E-state index is 11.4. The van der Waals surface area contributed by atoms with Crippen molar-refractivity contribution in [3.8, 4) is 0 Å². The first kappa shape index (κ1) is 10.5. The molecular formula is C10H19NO2. The van der Waals surface area contributed by atoms with Crippen LogP contribution in [-0.4, -0.2) is 25.7 Å². The Bertz CT molecular complexity index is 164. The molecule has 0 aliphatic heterocycles. The summed E-state index contributed by atoms with van der Waals surface area (Å²) in [4.78, 5) is 11.4. The summed E-state index contributed by atoms with van der Waals surface area (Å²) < 4.78 is 4.78. The summed E-state index contributed by atoms with van der Waals surface area (Å²) in [6.45, 7) is 2.85. The van der Waals surface area contributed by atoms with Crippen molar-refractivity contribution in [2.45, 2.75) is 38.6 Å². The zero-order valence-electron chi connectivity index (χ0n) is 8.51. The molecule has 0 saturated heterocycles. The molecule has 0 aromatic heterocycles. The molecule has 1 unspecified atom stereocenters. The van der Waals surface area contributed by atoms with Crippen LogP contribution in [0, 0.1) is 5.92 Å². The molecule has 0 aromatic rings. The highest BCUT2D eigenvalue weighted by Gasteiger charge is 2.30. The first-order valence-electron chi connectivity index (χ1n) is 5.10. The average molecular weight is 185 g/mol. The van der Waals surface area contributed by atoms with E-state index in [2.05, 4.69) is 5.32 Å². The van der Waals surface area contributed by atoms with Crippen LogP contribution in [0.5, 0.6) is 0 Å². The summed E-state index contributed by atoms with van der Waals surface area (Å²) in [7, 11) is 1.46. The van der Waals surface area contributed by atoms with Crippen molar-refractivity contribution in [1.82, 2.24) is 5.32 Å². The Labute approximate surface area is 79.8 Å². The monoisotopic (exact) mass is 185 g/mol. The van der Waals surface area contributed by atoms with E-state index < -0.39 is 0 Å². The molecule has 1 N–H and O–H groups in total. The lowest BCUT2D eigenvalue weighted by molar-refractivity contribution is -0.144. The highest BCUT2D eigenvalue weighted by Crippen LogP contribution is 2.28. The average Bonchev–Trinajstić information content (AvgIpc) is 2.65. The molecule has 0 radical (unpaired) electrons. The van der Waals surface area contributed by atoms with E-state index in [0.717, 1.165) is 19.4 Å². The SMILES string of the molecule is CCNC(C(=O)OC)C1CCCC1. The third kappa shape index (κ3) is 2.69. The van der Waals surface area contributed by atoms with Gasteiger partial charge in [-0.2, -0.15) is 0 Å². The number of methoxy groups -OCH3 is 1. The number of rotatable bonds is 4. The second-order valence-electron chi connectivity index (χ2n) is 3.60. The van der Waals surface area contributed by atoms with E-state index in [1.54, 1.807) is 0 Å². The van der Waals surface area contributed by atoms with Gasteiger partial charge in [0.15, 0.2) is 0 Å². The van der Waals surface area contributed by atoms with Crippen molar-refractivity contribution in [3.63, 3.8) is 0 Å². The van der Waals surface area contributed by atoms with Gasteiger partial charge in [-0.05, 0) is 25.3 Å². The molecule has 0 bridgehead atoms. The minimum atomic E-state index is -0.103. The zero-order chi connectivity index (χ0) is 9.68. The number of carbonyl (C=O) groups is 1. The van der Waals surface area contributed by atoms with E-state index in [9.17, 15) is 4.79 Å². The van der Waals surface area contributed by atoms with Crippen LogP contribution in [0.2, 0.25) is 0 Å². The molecule has 0 amide bonds. The van der Waals surface area contributed by atoms with Gasteiger partial charge in [0, 0.05) is 0 Å². The van der Waals surface area contributed by atoms with Gasteiger partial charge in [-0.1, -0.05) is 19.8 Å². The fraction of sp³-hybridized carbons (Fsp3) is 0.900. The fourth-order valence-electron chi connectivity index (χ4n) is 2.08. The normalized spacial score (nSPS) is 20.2. The summed E-state index contributed by atoms with van der Waals surface area (Å²) in [5.41, 5.74) is 0. The van der Waals surface area contributed by atoms with Crippen molar-refractivity contribution < 1.29 is 9.53 Å². The van der Waals surface area contributed by atoms with Crippen molar-refractivity contribution in [3.05, 3.63) is 0 Å². The molecule has 1 aliphatic carbocycles. The number of esters is 1. The van der Waals surface area contributed by atoms with E-state index in [0.29, 0.717) is 5.92 Å². The van der Waals surface area contributed by atoms with Gasteiger partial charge in [-0.3, -0.25) is 4.79 Å². The maximum absolute atomic E-state index is 11.4. The quantitative estimate of drug-likeness (QED) is 0.671. The van der Waals surface area contributed by atoms with Gasteiger partial charge < -0.3 is 10.1 Å². The third-order valence-electron chi connectivity index (χ3n) is 2.75. The second kappa shape index (κ2) is 5.22. The van der Waals surface area contributed by atoms with Gasteiger partial charge in [0.1, 0.15) is 6.04 Å². The predicted octanol–water partition coefficient (Wildman–Crippen LogP) is 1.33. The Morgan fingerprint density at radius 3 is 2.62 bits per heavy atom. The van der Waals surface area contributed by atoms with Crippen LogP contribution in [0.1, 0.15) is 32.6 Å². The highest BCUT2D eigenvalue weighted by molar-refractivity contribution is 5.76. The van der Waals surface area contributed by atoms with Gasteiger partial charge in [0.2, 0.25) is 0 Å². The van der Waals surface area contributed by atoms with Crippen LogP contribution in [0.4, 0.5) is 0 Å². The summed E-state index contributed by atoms with van der Waals surface area (Å²) in [6, 6.07) is -0.0718. The van der Waals surface area contributed by atoms with Gasteiger partial charge >= 0.3 is 5.97 Å². The van der Waals surface area contributed by atoms with Crippen molar-refractivity contribution in [2.75, 3.05) is 13.7 Å². The molecule has 0 aromatic carbocycles. The van der Waals surface area contributed by atoms with Gasteiger partial charge in [-0.25, -0.2) is 0 Å². The number of hydrogen-bond donors (Lipinski definition) is 1. The number of hydrogen-bond acceptors (Lipinski definition) is 3. The van der Waals surface area contributed by atoms with E-state index in [4.69, 9.17) is 4.74 Å². The third-order valence-corrected chi connectivity index (χ3v) is 2.75. The fourth-order valence-corrected chi connectivity index (χ4v) is 2.08. The molecular weight excluding hydrogens is 166 g/mol. The van der Waals surface area contributed by atoms with Crippen LogP contribution in [-0.2, 0) is 9.53 Å². The number of carbonyl (C=O) groups excluding carboxylic acids is 1. The Balaban J connectivity index is 2.49. The molecule has 76 valence electrons. The van der Waals surface area contributed by atoms with Crippen LogP contribution in [0.25, 0.3) is 0 Å². The molecule has 1 rings (SSSR count). The topological polar surface area (TPSA) is 38.3 Å². The highest BCUT2D eigenvalue weighted by atomic mass is 16.5.